The second-order valence-corrected chi connectivity index (χ2v) is 6.47. The number of ether oxygens (including phenoxy) is 2. The lowest BCUT2D eigenvalue weighted by atomic mass is 10.1. The molecule has 2 aromatic heterocycles. The van der Waals surface area contributed by atoms with Crippen molar-refractivity contribution in [2.45, 2.75) is 46.1 Å². The van der Waals surface area contributed by atoms with Gasteiger partial charge in [-0.05, 0) is 19.3 Å². The van der Waals surface area contributed by atoms with Crippen LogP contribution in [0.15, 0.2) is 12.3 Å². The zero-order chi connectivity index (χ0) is 20.0. The molecule has 0 aromatic carbocycles. The average molecular weight is 374 g/mol. The lowest BCUT2D eigenvalue weighted by Gasteiger charge is -2.20. The summed E-state index contributed by atoms with van der Waals surface area (Å²) in [6.07, 6.45) is 4.50. The van der Waals surface area contributed by atoms with Crippen molar-refractivity contribution in [3.63, 3.8) is 0 Å². The fraction of sp³-hybridized carbons (Fsp3) is 0.550. The highest BCUT2D eigenvalue weighted by molar-refractivity contribution is 5.77. The van der Waals surface area contributed by atoms with E-state index in [9.17, 15) is 0 Å². The Kier molecular flexibility index (Phi) is 7.21. The van der Waals surface area contributed by atoms with E-state index in [0.29, 0.717) is 23.1 Å². The quantitative estimate of drug-likeness (QED) is 0.717. The third kappa shape index (κ3) is 4.59. The number of anilines is 2. The van der Waals surface area contributed by atoms with Crippen LogP contribution in [0.1, 0.15) is 39.3 Å². The maximum absolute atomic E-state index is 6.11. The third-order valence-electron chi connectivity index (χ3n) is 4.48. The summed E-state index contributed by atoms with van der Waals surface area (Å²) in [5, 5.41) is 3.14. The van der Waals surface area contributed by atoms with Crippen LogP contribution in [0.3, 0.4) is 0 Å². The molecular formula is C20H31N5O2. The molecule has 7 nitrogen and oxygen atoms in total. The second kappa shape index (κ2) is 9.39. The van der Waals surface area contributed by atoms with Crippen molar-refractivity contribution in [2.75, 3.05) is 38.5 Å². The van der Waals surface area contributed by atoms with Gasteiger partial charge in [0.2, 0.25) is 5.88 Å². The molecule has 0 saturated carbocycles. The first kappa shape index (κ1) is 20.7. The molecule has 0 atom stereocenters. The number of nitrogens with one attached hydrogen (secondary N) is 1. The maximum atomic E-state index is 6.11. The van der Waals surface area contributed by atoms with E-state index in [-0.39, 0.29) is 6.10 Å². The summed E-state index contributed by atoms with van der Waals surface area (Å²) < 4.78 is 11.7. The zero-order valence-electron chi connectivity index (χ0n) is 17.5. The lowest BCUT2D eigenvalue weighted by molar-refractivity contribution is 0.182. The zero-order valence-corrected chi connectivity index (χ0v) is 17.5. The summed E-state index contributed by atoms with van der Waals surface area (Å²) in [5.41, 5.74) is 2.33. The van der Waals surface area contributed by atoms with Gasteiger partial charge in [-0.2, -0.15) is 4.98 Å². The van der Waals surface area contributed by atoms with Crippen LogP contribution < -0.4 is 19.7 Å². The highest BCUT2D eigenvalue weighted by Crippen LogP contribution is 2.36. The average Bonchev–Trinajstić information content (AvgIpc) is 2.70. The first-order valence-corrected chi connectivity index (χ1v) is 9.45. The molecule has 0 fully saturated rings. The van der Waals surface area contributed by atoms with Gasteiger partial charge in [-0.25, -0.2) is 9.97 Å². The normalized spacial score (nSPS) is 10.8. The van der Waals surface area contributed by atoms with Crippen molar-refractivity contribution in [2.24, 2.45) is 0 Å². The van der Waals surface area contributed by atoms with Crippen LogP contribution in [-0.4, -0.2) is 49.3 Å². The second-order valence-electron chi connectivity index (χ2n) is 6.47. The monoisotopic (exact) mass is 373 g/mol. The van der Waals surface area contributed by atoms with Crippen LogP contribution >= 0.6 is 0 Å². The minimum absolute atomic E-state index is 0.135. The summed E-state index contributed by atoms with van der Waals surface area (Å²) in [5.74, 6) is 2.76. The summed E-state index contributed by atoms with van der Waals surface area (Å²) in [6, 6.07) is 1.90. The first-order valence-electron chi connectivity index (χ1n) is 9.45. The largest absolute Gasteiger partial charge is 0.496 e. The van der Waals surface area contributed by atoms with Gasteiger partial charge < -0.3 is 19.7 Å². The predicted molar refractivity (Wildman–Crippen MR) is 110 cm³/mol. The molecule has 0 radical (unpaired) electrons. The van der Waals surface area contributed by atoms with E-state index < -0.39 is 0 Å². The number of pyridine rings is 1. The van der Waals surface area contributed by atoms with Gasteiger partial charge in [-0.15, -0.1) is 0 Å². The topological polar surface area (TPSA) is 72.4 Å². The smallest absolute Gasteiger partial charge is 0.237 e. The number of nitrogens with zero attached hydrogens (tertiary/aromatic N) is 4. The molecule has 2 heterocycles. The molecule has 148 valence electrons. The molecule has 0 bridgehead atoms. The molecule has 27 heavy (non-hydrogen) atoms. The summed E-state index contributed by atoms with van der Waals surface area (Å²) in [4.78, 5) is 16.0. The number of aryl methyl sites for hydroxylation is 1. The van der Waals surface area contributed by atoms with E-state index in [1.54, 1.807) is 13.3 Å². The lowest BCUT2D eigenvalue weighted by Crippen LogP contribution is -2.17. The van der Waals surface area contributed by atoms with E-state index in [2.05, 4.69) is 31.1 Å². The number of rotatable bonds is 9. The molecule has 0 amide bonds. The van der Waals surface area contributed by atoms with Crippen molar-refractivity contribution in [3.8, 4) is 22.9 Å². The third-order valence-corrected chi connectivity index (χ3v) is 4.48. The molecule has 0 aliphatic carbocycles. The molecular weight excluding hydrogens is 342 g/mol. The van der Waals surface area contributed by atoms with Gasteiger partial charge in [-0.3, -0.25) is 0 Å². The maximum Gasteiger partial charge on any atom is 0.237 e. The van der Waals surface area contributed by atoms with Crippen LogP contribution in [0.2, 0.25) is 0 Å². The van der Waals surface area contributed by atoms with Crippen LogP contribution in [0.4, 0.5) is 11.6 Å². The van der Waals surface area contributed by atoms with Crippen molar-refractivity contribution < 1.29 is 9.47 Å². The van der Waals surface area contributed by atoms with Crippen molar-refractivity contribution in [3.05, 3.63) is 18.0 Å². The molecule has 0 spiro atoms. The number of aromatic nitrogens is 3. The van der Waals surface area contributed by atoms with Gasteiger partial charge >= 0.3 is 0 Å². The van der Waals surface area contributed by atoms with E-state index in [1.807, 2.05) is 32.1 Å². The SMILES string of the molecule is CCc1nc(-c2cnc(N(C)C)cc2OC)c(NC)nc1OC(CC)CC. The number of hydrogen-bond acceptors (Lipinski definition) is 7. The fourth-order valence-electron chi connectivity index (χ4n) is 2.77. The molecule has 0 saturated heterocycles. The molecule has 0 unspecified atom stereocenters. The van der Waals surface area contributed by atoms with E-state index in [4.69, 9.17) is 19.4 Å². The van der Waals surface area contributed by atoms with Gasteiger partial charge in [0.15, 0.2) is 5.82 Å². The van der Waals surface area contributed by atoms with Crippen molar-refractivity contribution in [1.82, 2.24) is 15.0 Å². The minimum Gasteiger partial charge on any atom is -0.496 e. The van der Waals surface area contributed by atoms with Crippen LogP contribution in [0, 0.1) is 0 Å². The van der Waals surface area contributed by atoms with E-state index in [1.165, 1.54) is 0 Å². The Balaban J connectivity index is 2.57. The fourth-order valence-corrected chi connectivity index (χ4v) is 2.77. The standard InChI is InChI=1S/C20H31N5O2/c1-8-13(9-2)27-20-15(10-3)23-18(19(21-4)24-20)14-12-22-17(25(5)6)11-16(14)26-7/h11-13H,8-10H2,1-7H3,(H,21,24). The Hall–Kier alpha value is -2.57. The van der Waals surface area contributed by atoms with Gasteiger partial charge in [-0.1, -0.05) is 20.8 Å². The van der Waals surface area contributed by atoms with E-state index in [0.717, 1.165) is 36.3 Å². The van der Waals surface area contributed by atoms with Gasteiger partial charge in [0, 0.05) is 33.4 Å². The minimum atomic E-state index is 0.135. The number of hydrogen-bond donors (Lipinski definition) is 1. The molecule has 0 aliphatic heterocycles. The van der Waals surface area contributed by atoms with Crippen molar-refractivity contribution >= 4 is 11.6 Å². The number of methoxy groups -OCH3 is 1. The highest BCUT2D eigenvalue weighted by Gasteiger charge is 2.20. The Bertz CT molecular complexity index is 760. The van der Waals surface area contributed by atoms with Gasteiger partial charge in [0.25, 0.3) is 0 Å². The van der Waals surface area contributed by atoms with Crippen molar-refractivity contribution in [1.29, 1.82) is 0 Å². The van der Waals surface area contributed by atoms with E-state index >= 15 is 0 Å². The summed E-state index contributed by atoms with van der Waals surface area (Å²) in [6.45, 7) is 6.28. The van der Waals surface area contributed by atoms with Crippen LogP contribution in [0.25, 0.3) is 11.3 Å². The Morgan fingerprint density at radius 2 is 1.85 bits per heavy atom. The molecule has 0 aliphatic rings. The van der Waals surface area contributed by atoms with Crippen LogP contribution in [-0.2, 0) is 6.42 Å². The van der Waals surface area contributed by atoms with Crippen LogP contribution in [0.5, 0.6) is 11.6 Å². The van der Waals surface area contributed by atoms with Gasteiger partial charge in [0.1, 0.15) is 23.0 Å². The van der Waals surface area contributed by atoms with Gasteiger partial charge in [0.05, 0.1) is 18.8 Å². The first-order chi connectivity index (χ1) is 13.0. The molecule has 2 rings (SSSR count). The summed E-state index contributed by atoms with van der Waals surface area (Å²) in [7, 11) is 7.36. The Labute approximate surface area is 162 Å². The Morgan fingerprint density at radius 3 is 2.37 bits per heavy atom. The Morgan fingerprint density at radius 1 is 1.15 bits per heavy atom. The highest BCUT2D eigenvalue weighted by atomic mass is 16.5. The molecule has 7 heteroatoms. The molecule has 1 N–H and O–H groups in total. The summed E-state index contributed by atoms with van der Waals surface area (Å²) >= 11 is 0. The predicted octanol–water partition coefficient (Wildman–Crippen LogP) is 3.78. The molecule has 2 aromatic rings.